The Kier molecular flexibility index (Phi) is 3.07. The van der Waals surface area contributed by atoms with Gasteiger partial charge in [-0.05, 0) is 26.2 Å². The molecule has 84 valence electrons. The van der Waals surface area contributed by atoms with Gasteiger partial charge in [-0.25, -0.2) is 4.98 Å². The minimum absolute atomic E-state index is 0.0330. The average Bonchev–Trinajstić information content (AvgIpc) is 2.85. The van der Waals surface area contributed by atoms with Gasteiger partial charge in [0.25, 0.3) is 0 Å². The van der Waals surface area contributed by atoms with E-state index >= 15 is 0 Å². The molecule has 0 saturated heterocycles. The summed E-state index contributed by atoms with van der Waals surface area (Å²) < 4.78 is 7.68. The maximum atomic E-state index is 5.91. The summed E-state index contributed by atoms with van der Waals surface area (Å²) in [6, 6.07) is 0.448. The first-order valence-corrected chi connectivity index (χ1v) is 5.54. The number of aromatic nitrogens is 2. The molecule has 1 aromatic heterocycles. The Morgan fingerprint density at radius 3 is 3.07 bits per heavy atom. The normalized spacial score (nSPS) is 28.2. The van der Waals surface area contributed by atoms with Crippen molar-refractivity contribution in [1.29, 1.82) is 0 Å². The molecule has 1 fully saturated rings. The van der Waals surface area contributed by atoms with Crippen LogP contribution in [0.5, 0.6) is 0 Å². The van der Waals surface area contributed by atoms with Crippen LogP contribution in [0.2, 0.25) is 0 Å². The second-order valence-electron chi connectivity index (χ2n) is 4.29. The van der Waals surface area contributed by atoms with Crippen molar-refractivity contribution in [1.82, 2.24) is 9.55 Å². The fourth-order valence-corrected chi connectivity index (χ4v) is 2.44. The summed E-state index contributed by atoms with van der Waals surface area (Å²) >= 11 is 0. The lowest BCUT2D eigenvalue weighted by Crippen LogP contribution is -2.23. The van der Waals surface area contributed by atoms with Gasteiger partial charge >= 0.3 is 0 Å². The summed E-state index contributed by atoms with van der Waals surface area (Å²) in [6.07, 6.45) is 7.57. The summed E-state index contributed by atoms with van der Waals surface area (Å²) in [5.74, 6) is 0. The summed E-state index contributed by atoms with van der Waals surface area (Å²) in [5.41, 5.74) is 7.01. The van der Waals surface area contributed by atoms with Crippen molar-refractivity contribution < 1.29 is 4.74 Å². The minimum atomic E-state index is 0.0330. The van der Waals surface area contributed by atoms with Gasteiger partial charge in [0.1, 0.15) is 0 Å². The van der Waals surface area contributed by atoms with Gasteiger partial charge in [0, 0.05) is 19.3 Å². The second-order valence-corrected chi connectivity index (χ2v) is 4.29. The van der Waals surface area contributed by atoms with Gasteiger partial charge in [0.2, 0.25) is 0 Å². The van der Waals surface area contributed by atoms with Gasteiger partial charge in [-0.3, -0.25) is 0 Å². The van der Waals surface area contributed by atoms with Crippen LogP contribution in [-0.4, -0.2) is 22.8 Å². The molecular formula is C11H19N3O. The third-order valence-corrected chi connectivity index (χ3v) is 3.24. The number of methoxy groups -OCH3 is 1. The van der Waals surface area contributed by atoms with Gasteiger partial charge in [0.05, 0.1) is 24.2 Å². The Morgan fingerprint density at radius 1 is 1.60 bits per heavy atom. The first-order valence-electron chi connectivity index (χ1n) is 5.54. The molecule has 15 heavy (non-hydrogen) atoms. The number of imidazole rings is 1. The number of ether oxygens (including phenoxy) is 1. The largest absolute Gasteiger partial charge is 0.379 e. The van der Waals surface area contributed by atoms with Crippen molar-refractivity contribution in [2.75, 3.05) is 7.11 Å². The third kappa shape index (κ3) is 1.92. The predicted octanol–water partition coefficient (Wildman–Crippen LogP) is 1.64. The van der Waals surface area contributed by atoms with Gasteiger partial charge in [0.15, 0.2) is 0 Å². The monoisotopic (exact) mass is 209 g/mol. The molecule has 3 atom stereocenters. The number of rotatable bonds is 3. The number of hydrogen-bond acceptors (Lipinski definition) is 3. The Labute approximate surface area is 90.4 Å². The van der Waals surface area contributed by atoms with E-state index in [1.54, 1.807) is 7.11 Å². The van der Waals surface area contributed by atoms with E-state index in [-0.39, 0.29) is 6.04 Å². The Balaban J connectivity index is 2.24. The van der Waals surface area contributed by atoms with Crippen LogP contribution < -0.4 is 5.73 Å². The van der Waals surface area contributed by atoms with Crippen molar-refractivity contribution in [3.8, 4) is 0 Å². The van der Waals surface area contributed by atoms with E-state index in [1.165, 1.54) is 6.42 Å². The fraction of sp³-hybridized carbons (Fsp3) is 0.727. The fourth-order valence-electron chi connectivity index (χ4n) is 2.44. The maximum absolute atomic E-state index is 5.91. The van der Waals surface area contributed by atoms with E-state index < -0.39 is 0 Å². The lowest BCUT2D eigenvalue weighted by Gasteiger charge is -2.22. The molecule has 2 rings (SSSR count). The number of nitrogens with zero attached hydrogens (tertiary/aromatic N) is 2. The molecular weight excluding hydrogens is 190 g/mol. The Bertz CT molecular complexity index is 321. The standard InChI is InChI=1S/C11H19N3O/c1-8(12)10-6-13-7-14(10)9-4-3-5-11(9)15-2/h6-9,11H,3-5,12H2,1-2H3/t8-,9?,11?/m0/s1. The highest BCUT2D eigenvalue weighted by Crippen LogP contribution is 2.33. The molecule has 2 N–H and O–H groups in total. The zero-order valence-corrected chi connectivity index (χ0v) is 9.39. The molecule has 1 aromatic rings. The van der Waals surface area contributed by atoms with E-state index in [4.69, 9.17) is 10.5 Å². The lowest BCUT2D eigenvalue weighted by atomic mass is 10.2. The smallest absolute Gasteiger partial charge is 0.0952 e. The van der Waals surface area contributed by atoms with E-state index in [0.717, 1.165) is 18.5 Å². The van der Waals surface area contributed by atoms with E-state index in [1.807, 2.05) is 19.4 Å². The molecule has 2 unspecified atom stereocenters. The zero-order valence-electron chi connectivity index (χ0n) is 9.39. The molecule has 1 aliphatic rings. The molecule has 1 aliphatic carbocycles. The van der Waals surface area contributed by atoms with Crippen molar-refractivity contribution in [3.05, 3.63) is 18.2 Å². The van der Waals surface area contributed by atoms with Crippen molar-refractivity contribution in [3.63, 3.8) is 0 Å². The predicted molar refractivity (Wildman–Crippen MR) is 58.5 cm³/mol. The van der Waals surface area contributed by atoms with Crippen molar-refractivity contribution >= 4 is 0 Å². The minimum Gasteiger partial charge on any atom is -0.379 e. The van der Waals surface area contributed by atoms with Crippen LogP contribution in [-0.2, 0) is 4.74 Å². The Hall–Kier alpha value is -0.870. The SMILES string of the molecule is COC1CCCC1n1cncc1[C@H](C)N. The molecule has 0 radical (unpaired) electrons. The number of nitrogens with two attached hydrogens (primary N) is 1. The summed E-state index contributed by atoms with van der Waals surface area (Å²) in [6.45, 7) is 1.99. The summed E-state index contributed by atoms with van der Waals surface area (Å²) in [5, 5.41) is 0. The molecule has 4 nitrogen and oxygen atoms in total. The summed E-state index contributed by atoms with van der Waals surface area (Å²) in [4.78, 5) is 4.18. The van der Waals surface area contributed by atoms with Crippen LogP contribution in [0.4, 0.5) is 0 Å². The van der Waals surface area contributed by atoms with Gasteiger partial charge in [-0.15, -0.1) is 0 Å². The van der Waals surface area contributed by atoms with Gasteiger partial charge < -0.3 is 15.0 Å². The van der Waals surface area contributed by atoms with Gasteiger partial charge in [-0.2, -0.15) is 0 Å². The zero-order chi connectivity index (χ0) is 10.8. The van der Waals surface area contributed by atoms with Gasteiger partial charge in [-0.1, -0.05) is 0 Å². The van der Waals surface area contributed by atoms with Crippen LogP contribution in [0, 0.1) is 0 Å². The highest BCUT2D eigenvalue weighted by Gasteiger charge is 2.30. The van der Waals surface area contributed by atoms with Crippen LogP contribution in [0.3, 0.4) is 0 Å². The molecule has 0 aliphatic heterocycles. The molecule has 1 saturated carbocycles. The second kappa shape index (κ2) is 4.33. The molecule has 0 aromatic carbocycles. The highest BCUT2D eigenvalue weighted by molar-refractivity contribution is 5.06. The molecule has 4 heteroatoms. The van der Waals surface area contributed by atoms with Crippen LogP contribution in [0.25, 0.3) is 0 Å². The van der Waals surface area contributed by atoms with Crippen molar-refractivity contribution in [2.24, 2.45) is 5.73 Å². The first kappa shape index (κ1) is 10.6. The van der Waals surface area contributed by atoms with E-state index in [2.05, 4.69) is 9.55 Å². The van der Waals surface area contributed by atoms with E-state index in [9.17, 15) is 0 Å². The van der Waals surface area contributed by atoms with Crippen molar-refractivity contribution in [2.45, 2.75) is 44.4 Å². The van der Waals surface area contributed by atoms with E-state index in [0.29, 0.717) is 12.1 Å². The maximum Gasteiger partial charge on any atom is 0.0952 e. The molecule has 1 heterocycles. The van der Waals surface area contributed by atoms with Crippen LogP contribution in [0.15, 0.2) is 12.5 Å². The van der Waals surface area contributed by atoms with Crippen LogP contribution >= 0.6 is 0 Å². The lowest BCUT2D eigenvalue weighted by molar-refractivity contribution is 0.0738. The highest BCUT2D eigenvalue weighted by atomic mass is 16.5. The first-order chi connectivity index (χ1) is 7.24. The summed E-state index contributed by atoms with van der Waals surface area (Å²) in [7, 11) is 1.78. The molecule has 0 spiro atoms. The number of hydrogen-bond donors (Lipinski definition) is 1. The third-order valence-electron chi connectivity index (χ3n) is 3.24. The molecule has 0 bridgehead atoms. The quantitative estimate of drug-likeness (QED) is 0.823. The average molecular weight is 209 g/mol. The Morgan fingerprint density at radius 2 is 2.40 bits per heavy atom. The topological polar surface area (TPSA) is 53.1 Å². The molecule has 0 amide bonds. The van der Waals surface area contributed by atoms with Crippen LogP contribution in [0.1, 0.15) is 44.0 Å².